The fraction of sp³-hybridized carbons (Fsp3) is 0.400. The van der Waals surface area contributed by atoms with Crippen LogP contribution in [0.4, 0.5) is 0 Å². The van der Waals surface area contributed by atoms with E-state index in [0.717, 1.165) is 13.0 Å². The molecule has 2 N–H and O–H groups in total. The minimum atomic E-state index is 0.378. The normalized spacial score (nSPS) is 21.9. The molecular weight excluding hydrogens is 150 g/mol. The van der Waals surface area contributed by atoms with Gasteiger partial charge in [-0.3, -0.25) is 0 Å². The number of nitrogens with one attached hydrogen (secondary N) is 1. The highest BCUT2D eigenvalue weighted by atomic mass is 16.3. The van der Waals surface area contributed by atoms with Crippen molar-refractivity contribution in [1.29, 1.82) is 0 Å². The third-order valence-corrected chi connectivity index (χ3v) is 2.44. The van der Waals surface area contributed by atoms with E-state index >= 15 is 0 Å². The van der Waals surface area contributed by atoms with Gasteiger partial charge in [-0.1, -0.05) is 6.07 Å². The molecule has 0 radical (unpaired) electrons. The van der Waals surface area contributed by atoms with Crippen LogP contribution in [0.1, 0.15) is 24.1 Å². The van der Waals surface area contributed by atoms with E-state index in [-0.39, 0.29) is 0 Å². The molecular formula is C10H13NO. The fourth-order valence-electron chi connectivity index (χ4n) is 1.76. The second kappa shape index (κ2) is 2.79. The lowest BCUT2D eigenvalue weighted by atomic mass is 9.95. The minimum absolute atomic E-state index is 0.378. The SMILES string of the molecule is C[C@H]1NCCc2cc(O)ccc21. The zero-order valence-electron chi connectivity index (χ0n) is 7.17. The smallest absolute Gasteiger partial charge is 0.115 e. The van der Waals surface area contributed by atoms with Crippen molar-refractivity contribution in [2.75, 3.05) is 6.54 Å². The number of rotatable bonds is 0. The molecule has 0 aromatic heterocycles. The summed E-state index contributed by atoms with van der Waals surface area (Å²) in [4.78, 5) is 0. The Balaban J connectivity index is 2.46. The van der Waals surface area contributed by atoms with Gasteiger partial charge in [0, 0.05) is 6.04 Å². The molecule has 1 aromatic rings. The lowest BCUT2D eigenvalue weighted by molar-refractivity contribution is 0.470. The van der Waals surface area contributed by atoms with Crippen LogP contribution in [0.5, 0.6) is 5.75 Å². The third-order valence-electron chi connectivity index (χ3n) is 2.44. The lowest BCUT2D eigenvalue weighted by Crippen LogP contribution is -2.27. The average molecular weight is 163 g/mol. The van der Waals surface area contributed by atoms with Crippen LogP contribution >= 0.6 is 0 Å². The zero-order valence-corrected chi connectivity index (χ0v) is 7.17. The summed E-state index contributed by atoms with van der Waals surface area (Å²) in [5.74, 6) is 0.378. The van der Waals surface area contributed by atoms with Crippen LogP contribution in [-0.4, -0.2) is 11.7 Å². The highest BCUT2D eigenvalue weighted by Crippen LogP contribution is 2.25. The van der Waals surface area contributed by atoms with Crippen LogP contribution in [0.15, 0.2) is 18.2 Å². The van der Waals surface area contributed by atoms with E-state index in [1.165, 1.54) is 11.1 Å². The van der Waals surface area contributed by atoms with Crippen molar-refractivity contribution < 1.29 is 5.11 Å². The van der Waals surface area contributed by atoms with Crippen LogP contribution < -0.4 is 5.32 Å². The molecule has 2 rings (SSSR count). The predicted molar refractivity (Wildman–Crippen MR) is 48.2 cm³/mol. The van der Waals surface area contributed by atoms with Gasteiger partial charge in [0.15, 0.2) is 0 Å². The molecule has 1 aliphatic rings. The van der Waals surface area contributed by atoms with E-state index in [1.54, 1.807) is 6.07 Å². The highest BCUT2D eigenvalue weighted by molar-refractivity contribution is 5.38. The summed E-state index contributed by atoms with van der Waals surface area (Å²) in [6, 6.07) is 6.05. The largest absolute Gasteiger partial charge is 0.508 e. The van der Waals surface area contributed by atoms with Gasteiger partial charge in [-0.2, -0.15) is 0 Å². The molecule has 0 spiro atoms. The number of aromatic hydroxyl groups is 1. The molecule has 0 amide bonds. The van der Waals surface area contributed by atoms with Crippen molar-refractivity contribution in [3.05, 3.63) is 29.3 Å². The van der Waals surface area contributed by atoms with Gasteiger partial charge in [-0.15, -0.1) is 0 Å². The summed E-state index contributed by atoms with van der Waals surface area (Å²) < 4.78 is 0. The molecule has 1 aromatic carbocycles. The molecule has 0 unspecified atom stereocenters. The summed E-state index contributed by atoms with van der Waals surface area (Å²) in [7, 11) is 0. The van der Waals surface area contributed by atoms with Crippen LogP contribution in [0.3, 0.4) is 0 Å². The first kappa shape index (κ1) is 7.62. The van der Waals surface area contributed by atoms with Gasteiger partial charge in [0.25, 0.3) is 0 Å². The van der Waals surface area contributed by atoms with E-state index in [4.69, 9.17) is 0 Å². The van der Waals surface area contributed by atoms with E-state index in [1.807, 2.05) is 12.1 Å². The van der Waals surface area contributed by atoms with E-state index in [9.17, 15) is 5.11 Å². The summed E-state index contributed by atoms with van der Waals surface area (Å²) in [6.07, 6.45) is 1.02. The van der Waals surface area contributed by atoms with E-state index < -0.39 is 0 Å². The Morgan fingerprint density at radius 2 is 2.33 bits per heavy atom. The molecule has 0 saturated carbocycles. The maximum Gasteiger partial charge on any atom is 0.115 e. The number of phenols is 1. The van der Waals surface area contributed by atoms with Gasteiger partial charge in [-0.25, -0.2) is 0 Å². The quantitative estimate of drug-likeness (QED) is 0.609. The Labute approximate surface area is 72.2 Å². The molecule has 64 valence electrons. The van der Waals surface area contributed by atoms with E-state index in [0.29, 0.717) is 11.8 Å². The van der Waals surface area contributed by atoms with Gasteiger partial charge >= 0.3 is 0 Å². The fourth-order valence-corrected chi connectivity index (χ4v) is 1.76. The summed E-state index contributed by atoms with van der Waals surface area (Å²) in [5.41, 5.74) is 2.60. The first-order valence-corrected chi connectivity index (χ1v) is 4.32. The van der Waals surface area contributed by atoms with Crippen LogP contribution in [0.25, 0.3) is 0 Å². The first-order chi connectivity index (χ1) is 5.77. The van der Waals surface area contributed by atoms with E-state index in [2.05, 4.69) is 12.2 Å². The Kier molecular flexibility index (Phi) is 1.77. The van der Waals surface area contributed by atoms with Crippen LogP contribution in [0, 0.1) is 0 Å². The lowest BCUT2D eigenvalue weighted by Gasteiger charge is -2.23. The average Bonchev–Trinajstić information content (AvgIpc) is 2.04. The monoisotopic (exact) mass is 163 g/mol. The van der Waals surface area contributed by atoms with Crippen molar-refractivity contribution in [3.8, 4) is 5.75 Å². The molecule has 0 fully saturated rings. The number of phenolic OH excluding ortho intramolecular Hbond substituents is 1. The second-order valence-corrected chi connectivity index (χ2v) is 3.31. The molecule has 1 heterocycles. The maximum absolute atomic E-state index is 9.25. The third kappa shape index (κ3) is 1.18. The maximum atomic E-state index is 9.25. The number of hydrogen-bond acceptors (Lipinski definition) is 2. The Hall–Kier alpha value is -1.02. The van der Waals surface area contributed by atoms with Gasteiger partial charge in [-0.05, 0) is 43.1 Å². The van der Waals surface area contributed by atoms with Crippen molar-refractivity contribution >= 4 is 0 Å². The highest BCUT2D eigenvalue weighted by Gasteiger charge is 2.14. The number of benzene rings is 1. The molecule has 0 aliphatic carbocycles. The van der Waals surface area contributed by atoms with Gasteiger partial charge in [0.1, 0.15) is 5.75 Å². The molecule has 2 heteroatoms. The van der Waals surface area contributed by atoms with Crippen LogP contribution in [-0.2, 0) is 6.42 Å². The van der Waals surface area contributed by atoms with Crippen LogP contribution in [0.2, 0.25) is 0 Å². The topological polar surface area (TPSA) is 32.3 Å². The van der Waals surface area contributed by atoms with Crippen molar-refractivity contribution in [2.24, 2.45) is 0 Å². The molecule has 1 atom stereocenters. The molecule has 2 nitrogen and oxygen atoms in total. The number of hydrogen-bond donors (Lipinski definition) is 2. The van der Waals surface area contributed by atoms with Gasteiger partial charge in [0.05, 0.1) is 0 Å². The molecule has 1 aliphatic heterocycles. The summed E-state index contributed by atoms with van der Waals surface area (Å²) >= 11 is 0. The Morgan fingerprint density at radius 3 is 3.17 bits per heavy atom. The van der Waals surface area contributed by atoms with Crippen molar-refractivity contribution in [2.45, 2.75) is 19.4 Å². The van der Waals surface area contributed by atoms with Gasteiger partial charge in [0.2, 0.25) is 0 Å². The van der Waals surface area contributed by atoms with Crippen molar-refractivity contribution in [1.82, 2.24) is 5.32 Å². The second-order valence-electron chi connectivity index (χ2n) is 3.31. The van der Waals surface area contributed by atoms with Crippen molar-refractivity contribution in [3.63, 3.8) is 0 Å². The first-order valence-electron chi connectivity index (χ1n) is 4.32. The minimum Gasteiger partial charge on any atom is -0.508 e. The summed E-state index contributed by atoms with van der Waals surface area (Å²) in [6.45, 7) is 3.16. The summed E-state index contributed by atoms with van der Waals surface area (Å²) in [5, 5.41) is 12.6. The van der Waals surface area contributed by atoms with Gasteiger partial charge < -0.3 is 10.4 Å². The molecule has 0 bridgehead atoms. The molecule has 0 saturated heterocycles. The Bertz CT molecular complexity index is 296. The predicted octanol–water partition coefficient (Wildman–Crippen LogP) is 1.60. The molecule has 12 heavy (non-hydrogen) atoms. The Morgan fingerprint density at radius 1 is 1.50 bits per heavy atom. The zero-order chi connectivity index (χ0) is 8.55. The number of fused-ring (bicyclic) bond motifs is 1. The standard InChI is InChI=1S/C10H13NO/c1-7-10-3-2-9(12)6-8(10)4-5-11-7/h2-3,6-7,11-12H,4-5H2,1H3/t7-/m1/s1.